The highest BCUT2D eigenvalue weighted by atomic mass is 35.5. The Kier molecular flexibility index (Phi) is 5.72. The van der Waals surface area contributed by atoms with Crippen molar-refractivity contribution in [1.82, 2.24) is 5.32 Å². The van der Waals surface area contributed by atoms with E-state index >= 15 is 0 Å². The van der Waals surface area contributed by atoms with Crippen molar-refractivity contribution >= 4 is 11.6 Å². The minimum absolute atomic E-state index is 0.0767. The molecule has 0 saturated heterocycles. The second kappa shape index (κ2) is 7.97. The molecule has 1 aliphatic rings. The second-order valence-electron chi connectivity index (χ2n) is 6.26. The van der Waals surface area contributed by atoms with Gasteiger partial charge in [-0.1, -0.05) is 35.9 Å². The topological polar surface area (TPSA) is 47.3 Å². The van der Waals surface area contributed by atoms with E-state index in [1.54, 1.807) is 18.2 Å². The first kappa shape index (κ1) is 17.2. The third-order valence-electron chi connectivity index (χ3n) is 4.45. The summed E-state index contributed by atoms with van der Waals surface area (Å²) in [6.45, 7) is 0.587. The molecule has 1 fully saturated rings. The molecule has 1 aliphatic carbocycles. The standard InChI is InChI=1S/C19H22ClFN2O/c20-18-13(12-23-15-9-7-14(22)8-10-15)6-11-17(21)19(18)24-16-4-2-1-3-5-16/h1-6,11,14-15,23H,7-10,12,22H2/t14-,15-. The van der Waals surface area contributed by atoms with Crippen LogP contribution in [-0.2, 0) is 6.54 Å². The molecule has 5 heteroatoms. The van der Waals surface area contributed by atoms with Gasteiger partial charge in [0.15, 0.2) is 11.6 Å². The highest BCUT2D eigenvalue weighted by Gasteiger charge is 2.19. The lowest BCUT2D eigenvalue weighted by molar-refractivity contribution is 0.341. The van der Waals surface area contributed by atoms with E-state index in [0.717, 1.165) is 31.2 Å². The van der Waals surface area contributed by atoms with Crippen LogP contribution in [0.1, 0.15) is 31.2 Å². The number of nitrogens with one attached hydrogen (secondary N) is 1. The van der Waals surface area contributed by atoms with Crippen molar-refractivity contribution in [1.29, 1.82) is 0 Å². The van der Waals surface area contributed by atoms with E-state index in [4.69, 9.17) is 22.1 Å². The molecule has 3 rings (SSSR count). The Balaban J connectivity index is 1.69. The van der Waals surface area contributed by atoms with Crippen LogP contribution in [0.5, 0.6) is 11.5 Å². The third kappa shape index (κ3) is 4.26. The zero-order valence-corrected chi connectivity index (χ0v) is 14.2. The summed E-state index contributed by atoms with van der Waals surface area (Å²) in [5.41, 5.74) is 6.76. The fourth-order valence-corrected chi connectivity index (χ4v) is 3.25. The van der Waals surface area contributed by atoms with Gasteiger partial charge in [-0.05, 0) is 49.4 Å². The molecule has 0 unspecified atom stereocenters. The average molecular weight is 349 g/mol. The summed E-state index contributed by atoms with van der Waals surface area (Å²) in [5.74, 6) is 0.175. The molecule has 0 amide bonds. The average Bonchev–Trinajstić information content (AvgIpc) is 2.60. The molecule has 0 atom stereocenters. The number of rotatable bonds is 5. The predicted octanol–water partition coefficient (Wildman–Crippen LogP) is 4.63. The van der Waals surface area contributed by atoms with E-state index in [9.17, 15) is 4.39 Å². The summed E-state index contributed by atoms with van der Waals surface area (Å²) in [5, 5.41) is 3.81. The highest BCUT2D eigenvalue weighted by Crippen LogP contribution is 2.35. The van der Waals surface area contributed by atoms with E-state index in [2.05, 4.69) is 5.32 Å². The fraction of sp³-hybridized carbons (Fsp3) is 0.368. The maximum absolute atomic E-state index is 14.1. The van der Waals surface area contributed by atoms with Gasteiger partial charge in [-0.3, -0.25) is 0 Å². The second-order valence-corrected chi connectivity index (χ2v) is 6.64. The molecule has 24 heavy (non-hydrogen) atoms. The third-order valence-corrected chi connectivity index (χ3v) is 4.86. The molecule has 0 radical (unpaired) electrons. The number of ether oxygens (including phenoxy) is 1. The van der Waals surface area contributed by atoms with Crippen LogP contribution in [0.25, 0.3) is 0 Å². The normalized spacial score (nSPS) is 20.8. The molecule has 128 valence electrons. The first-order valence-corrected chi connectivity index (χ1v) is 8.70. The Labute approximate surface area is 147 Å². The van der Waals surface area contributed by atoms with Gasteiger partial charge in [0.1, 0.15) is 5.75 Å². The van der Waals surface area contributed by atoms with Gasteiger partial charge >= 0.3 is 0 Å². The lowest BCUT2D eigenvalue weighted by atomic mass is 9.92. The Morgan fingerprint density at radius 2 is 1.79 bits per heavy atom. The molecular weight excluding hydrogens is 327 g/mol. The number of hydrogen-bond acceptors (Lipinski definition) is 3. The van der Waals surface area contributed by atoms with Crippen LogP contribution in [0.4, 0.5) is 4.39 Å². The molecule has 0 aliphatic heterocycles. The van der Waals surface area contributed by atoms with Gasteiger partial charge in [0.25, 0.3) is 0 Å². The van der Waals surface area contributed by atoms with Crippen molar-refractivity contribution in [3.05, 3.63) is 58.9 Å². The van der Waals surface area contributed by atoms with Crippen molar-refractivity contribution in [2.24, 2.45) is 5.73 Å². The molecule has 0 heterocycles. The van der Waals surface area contributed by atoms with Gasteiger partial charge in [0, 0.05) is 18.6 Å². The first-order valence-electron chi connectivity index (χ1n) is 8.32. The number of hydrogen-bond donors (Lipinski definition) is 2. The molecule has 0 spiro atoms. The molecule has 0 bridgehead atoms. The summed E-state index contributed by atoms with van der Waals surface area (Å²) < 4.78 is 19.7. The number of nitrogens with two attached hydrogens (primary N) is 1. The maximum atomic E-state index is 14.1. The number of benzene rings is 2. The highest BCUT2D eigenvalue weighted by molar-refractivity contribution is 6.32. The largest absolute Gasteiger partial charge is 0.453 e. The van der Waals surface area contributed by atoms with E-state index in [1.807, 2.05) is 18.2 Å². The maximum Gasteiger partial charge on any atom is 0.181 e. The number of para-hydroxylation sites is 1. The summed E-state index contributed by atoms with van der Waals surface area (Å²) >= 11 is 6.38. The van der Waals surface area contributed by atoms with Crippen molar-refractivity contribution < 1.29 is 9.13 Å². The minimum Gasteiger partial charge on any atom is -0.453 e. The van der Waals surface area contributed by atoms with Crippen molar-refractivity contribution in [3.8, 4) is 11.5 Å². The summed E-state index contributed by atoms with van der Waals surface area (Å²) in [4.78, 5) is 0. The van der Waals surface area contributed by atoms with Gasteiger partial charge in [0.2, 0.25) is 0 Å². The molecule has 2 aromatic rings. The number of halogens is 2. The van der Waals surface area contributed by atoms with Crippen LogP contribution in [-0.4, -0.2) is 12.1 Å². The van der Waals surface area contributed by atoms with Gasteiger partial charge in [-0.2, -0.15) is 0 Å². The first-order chi connectivity index (χ1) is 11.6. The van der Waals surface area contributed by atoms with Crippen molar-refractivity contribution in [3.63, 3.8) is 0 Å². The van der Waals surface area contributed by atoms with Crippen LogP contribution in [0.15, 0.2) is 42.5 Å². The van der Waals surface area contributed by atoms with E-state index < -0.39 is 5.82 Å². The molecule has 0 aromatic heterocycles. The molecule has 3 N–H and O–H groups in total. The van der Waals surface area contributed by atoms with E-state index in [1.165, 1.54) is 6.07 Å². The zero-order chi connectivity index (χ0) is 16.9. The van der Waals surface area contributed by atoms with Crippen LogP contribution in [0, 0.1) is 5.82 Å². The van der Waals surface area contributed by atoms with E-state index in [-0.39, 0.29) is 5.75 Å². The predicted molar refractivity (Wildman–Crippen MR) is 95.0 cm³/mol. The molecular formula is C19H22ClFN2O. The van der Waals surface area contributed by atoms with Crippen LogP contribution < -0.4 is 15.8 Å². The fourth-order valence-electron chi connectivity index (χ4n) is 2.99. The molecule has 3 nitrogen and oxygen atoms in total. The Bertz CT molecular complexity index is 673. The van der Waals surface area contributed by atoms with Crippen LogP contribution in [0.2, 0.25) is 5.02 Å². The summed E-state index contributed by atoms with van der Waals surface area (Å²) in [7, 11) is 0. The Morgan fingerprint density at radius 1 is 1.08 bits per heavy atom. The lowest BCUT2D eigenvalue weighted by Crippen LogP contribution is -2.37. The molecule has 2 aromatic carbocycles. The lowest BCUT2D eigenvalue weighted by Gasteiger charge is -2.27. The smallest absolute Gasteiger partial charge is 0.181 e. The Morgan fingerprint density at radius 3 is 2.50 bits per heavy atom. The van der Waals surface area contributed by atoms with Gasteiger partial charge in [-0.25, -0.2) is 4.39 Å². The quantitative estimate of drug-likeness (QED) is 0.828. The van der Waals surface area contributed by atoms with Gasteiger partial charge in [-0.15, -0.1) is 0 Å². The summed E-state index contributed by atoms with van der Waals surface area (Å²) in [6, 6.07) is 12.9. The zero-order valence-electron chi connectivity index (χ0n) is 13.5. The van der Waals surface area contributed by atoms with Gasteiger partial charge in [0.05, 0.1) is 5.02 Å². The van der Waals surface area contributed by atoms with Crippen molar-refractivity contribution in [2.75, 3.05) is 0 Å². The van der Waals surface area contributed by atoms with Crippen molar-refractivity contribution in [2.45, 2.75) is 44.3 Å². The van der Waals surface area contributed by atoms with Crippen LogP contribution in [0.3, 0.4) is 0 Å². The van der Waals surface area contributed by atoms with E-state index in [0.29, 0.717) is 29.4 Å². The summed E-state index contributed by atoms with van der Waals surface area (Å²) in [6.07, 6.45) is 4.20. The monoisotopic (exact) mass is 348 g/mol. The molecule has 1 saturated carbocycles. The Hall–Kier alpha value is -1.62. The van der Waals surface area contributed by atoms with Crippen LogP contribution >= 0.6 is 11.6 Å². The minimum atomic E-state index is -0.462. The van der Waals surface area contributed by atoms with Gasteiger partial charge < -0.3 is 15.8 Å². The SMILES string of the molecule is N[C@H]1CC[C@H](NCc2ccc(F)c(Oc3ccccc3)c2Cl)CC1.